The Labute approximate surface area is 217 Å². The lowest BCUT2D eigenvalue weighted by Gasteiger charge is -2.26. The zero-order valence-electron chi connectivity index (χ0n) is 20.5. The number of alkyl halides is 4. The molecule has 4 nitrogen and oxygen atoms in total. The van der Waals surface area contributed by atoms with E-state index in [1.54, 1.807) is 12.1 Å². The third kappa shape index (κ3) is 6.69. The Morgan fingerprint density at radius 3 is 2.42 bits per heavy atom. The van der Waals surface area contributed by atoms with Crippen LogP contribution in [0.3, 0.4) is 0 Å². The third-order valence-corrected chi connectivity index (χ3v) is 6.66. The van der Waals surface area contributed by atoms with Crippen molar-refractivity contribution in [1.82, 2.24) is 5.32 Å². The molecule has 0 aliphatic heterocycles. The maximum atomic E-state index is 13.5. The highest BCUT2D eigenvalue weighted by atomic mass is 19.3. The predicted octanol–water partition coefficient (Wildman–Crippen LogP) is 6.41. The van der Waals surface area contributed by atoms with Gasteiger partial charge in [0.1, 0.15) is 11.6 Å². The van der Waals surface area contributed by atoms with E-state index in [0.717, 1.165) is 55.4 Å². The third-order valence-electron chi connectivity index (χ3n) is 6.66. The first-order valence-electron chi connectivity index (χ1n) is 12.4. The standard InChI is InChI=1S/C29H28F5NO3/c30-21-14-12-20(13-15-21)26(36)25(17-18-6-4-9-22(16-18)38-29(33,34)28(31)32)35-27(37)24-11-5-8-19-7-2-1-3-10-23(19)24/h4-6,8-9,11-16,25-26,28,36H,1-3,7,10,17H2,(H,35,37)/t25-,26+/m1/s1. The number of carbonyl (C=O) groups excluding carboxylic acids is 1. The molecule has 0 aromatic heterocycles. The predicted molar refractivity (Wildman–Crippen MR) is 132 cm³/mol. The van der Waals surface area contributed by atoms with Crippen molar-refractivity contribution in [3.05, 3.63) is 100 Å². The van der Waals surface area contributed by atoms with Crippen LogP contribution in [0.1, 0.15) is 58.0 Å². The van der Waals surface area contributed by atoms with Crippen LogP contribution in [0.2, 0.25) is 0 Å². The smallest absolute Gasteiger partial charge is 0.428 e. The fraction of sp³-hybridized carbons (Fsp3) is 0.345. The molecule has 0 heterocycles. The number of hydrogen-bond acceptors (Lipinski definition) is 3. The lowest BCUT2D eigenvalue weighted by Crippen LogP contribution is -2.41. The minimum atomic E-state index is -4.68. The van der Waals surface area contributed by atoms with Crippen molar-refractivity contribution in [2.24, 2.45) is 0 Å². The number of nitrogens with one attached hydrogen (secondary N) is 1. The number of aliphatic hydroxyl groups is 1. The second-order valence-corrected chi connectivity index (χ2v) is 9.40. The molecule has 1 amide bonds. The molecular formula is C29H28F5NO3. The summed E-state index contributed by atoms with van der Waals surface area (Å²) < 4.78 is 69.7. The number of aryl methyl sites for hydroxylation is 1. The normalized spacial score (nSPS) is 15.3. The van der Waals surface area contributed by atoms with E-state index in [9.17, 15) is 31.9 Å². The summed E-state index contributed by atoms with van der Waals surface area (Å²) in [4.78, 5) is 13.5. The summed E-state index contributed by atoms with van der Waals surface area (Å²) >= 11 is 0. The quantitative estimate of drug-likeness (QED) is 0.247. The monoisotopic (exact) mass is 533 g/mol. The average molecular weight is 534 g/mol. The van der Waals surface area contributed by atoms with Gasteiger partial charge in [-0.05, 0) is 84.7 Å². The Morgan fingerprint density at radius 2 is 1.68 bits per heavy atom. The summed E-state index contributed by atoms with van der Waals surface area (Å²) in [6.45, 7) is 0. The van der Waals surface area contributed by atoms with Crippen molar-refractivity contribution in [2.45, 2.75) is 63.2 Å². The molecule has 0 radical (unpaired) electrons. The summed E-state index contributed by atoms with van der Waals surface area (Å²) in [6.07, 6.45) is -5.35. The van der Waals surface area contributed by atoms with Crippen LogP contribution in [-0.2, 0) is 19.3 Å². The molecule has 3 aromatic rings. The molecule has 1 aliphatic carbocycles. The second-order valence-electron chi connectivity index (χ2n) is 9.40. The molecule has 0 bridgehead atoms. The van der Waals surface area contributed by atoms with E-state index in [1.807, 2.05) is 12.1 Å². The van der Waals surface area contributed by atoms with Gasteiger partial charge in [-0.15, -0.1) is 0 Å². The maximum Gasteiger partial charge on any atom is 0.461 e. The second kappa shape index (κ2) is 11.9. The molecule has 3 aromatic carbocycles. The molecule has 9 heteroatoms. The molecule has 38 heavy (non-hydrogen) atoms. The van der Waals surface area contributed by atoms with Crippen LogP contribution in [0.15, 0.2) is 66.7 Å². The topological polar surface area (TPSA) is 58.6 Å². The number of ether oxygens (including phenoxy) is 1. The molecular weight excluding hydrogens is 505 g/mol. The van der Waals surface area contributed by atoms with Gasteiger partial charge in [0, 0.05) is 5.56 Å². The number of amides is 1. The van der Waals surface area contributed by atoms with Gasteiger partial charge >= 0.3 is 12.5 Å². The molecule has 4 rings (SSSR count). The highest BCUT2D eigenvalue weighted by Crippen LogP contribution is 2.29. The maximum absolute atomic E-state index is 13.5. The minimum Gasteiger partial charge on any atom is -0.428 e. The first-order valence-corrected chi connectivity index (χ1v) is 12.4. The van der Waals surface area contributed by atoms with Gasteiger partial charge in [-0.3, -0.25) is 4.79 Å². The van der Waals surface area contributed by atoms with Gasteiger partial charge in [0.15, 0.2) is 0 Å². The summed E-state index contributed by atoms with van der Waals surface area (Å²) in [5.41, 5.74) is 3.25. The van der Waals surface area contributed by atoms with Crippen molar-refractivity contribution in [1.29, 1.82) is 0 Å². The van der Waals surface area contributed by atoms with Gasteiger partial charge in [-0.25, -0.2) is 4.39 Å². The van der Waals surface area contributed by atoms with Crippen molar-refractivity contribution in [2.75, 3.05) is 0 Å². The zero-order valence-corrected chi connectivity index (χ0v) is 20.5. The molecule has 2 atom stereocenters. The van der Waals surface area contributed by atoms with Crippen LogP contribution >= 0.6 is 0 Å². The number of rotatable bonds is 9. The first kappa shape index (κ1) is 27.6. The molecule has 0 unspecified atom stereocenters. The number of hydrogen-bond donors (Lipinski definition) is 2. The Bertz CT molecular complexity index is 1250. The fourth-order valence-electron chi connectivity index (χ4n) is 4.74. The Hall–Kier alpha value is -3.46. The molecule has 202 valence electrons. The minimum absolute atomic E-state index is 0.0449. The molecule has 0 fully saturated rings. The first-order chi connectivity index (χ1) is 18.1. The zero-order chi connectivity index (χ0) is 27.3. The Kier molecular flexibility index (Phi) is 8.66. The number of carbonyl (C=O) groups is 1. The van der Waals surface area contributed by atoms with Gasteiger partial charge < -0.3 is 15.2 Å². The molecule has 0 saturated carbocycles. The summed E-state index contributed by atoms with van der Waals surface area (Å²) in [5.74, 6) is -1.40. The average Bonchev–Trinajstić information content (AvgIpc) is 3.14. The Morgan fingerprint density at radius 1 is 0.974 bits per heavy atom. The van der Waals surface area contributed by atoms with E-state index in [-0.39, 0.29) is 6.42 Å². The summed E-state index contributed by atoms with van der Waals surface area (Å²) in [6, 6.07) is 14.9. The highest BCUT2D eigenvalue weighted by molar-refractivity contribution is 5.96. The van der Waals surface area contributed by atoms with Crippen molar-refractivity contribution >= 4 is 5.91 Å². The molecule has 1 aliphatic rings. The Balaban J connectivity index is 1.62. The number of benzene rings is 3. The van der Waals surface area contributed by atoms with E-state index >= 15 is 0 Å². The van der Waals surface area contributed by atoms with E-state index in [0.29, 0.717) is 16.7 Å². The largest absolute Gasteiger partial charge is 0.461 e. The lowest BCUT2D eigenvalue weighted by molar-refractivity contribution is -0.253. The number of fused-ring (bicyclic) bond motifs is 1. The van der Waals surface area contributed by atoms with Crippen LogP contribution in [0, 0.1) is 5.82 Å². The van der Waals surface area contributed by atoms with Crippen LogP contribution in [0.5, 0.6) is 5.75 Å². The van der Waals surface area contributed by atoms with Crippen LogP contribution in [-0.4, -0.2) is 29.6 Å². The SMILES string of the molecule is O=C(N[C@H](Cc1cccc(OC(F)(F)C(F)F)c1)[C@@H](O)c1ccc(F)cc1)c1cccc2c1CCCCC2. The summed E-state index contributed by atoms with van der Waals surface area (Å²) in [5, 5.41) is 14.0. The van der Waals surface area contributed by atoms with Crippen LogP contribution in [0.25, 0.3) is 0 Å². The van der Waals surface area contributed by atoms with Gasteiger partial charge in [-0.1, -0.05) is 42.8 Å². The summed E-state index contributed by atoms with van der Waals surface area (Å²) in [7, 11) is 0. The van der Waals surface area contributed by atoms with E-state index in [4.69, 9.17) is 0 Å². The highest BCUT2D eigenvalue weighted by Gasteiger charge is 2.44. The van der Waals surface area contributed by atoms with Gasteiger partial charge in [0.25, 0.3) is 5.91 Å². The lowest BCUT2D eigenvalue weighted by atomic mass is 9.93. The number of aliphatic hydroxyl groups excluding tert-OH is 1. The van der Waals surface area contributed by atoms with Gasteiger partial charge in [0.2, 0.25) is 0 Å². The number of halogens is 5. The van der Waals surface area contributed by atoms with Gasteiger partial charge in [0.05, 0.1) is 12.1 Å². The van der Waals surface area contributed by atoms with Gasteiger partial charge in [-0.2, -0.15) is 17.6 Å². The van der Waals surface area contributed by atoms with Crippen molar-refractivity contribution in [3.8, 4) is 5.75 Å². The van der Waals surface area contributed by atoms with Crippen LogP contribution in [0.4, 0.5) is 22.0 Å². The molecule has 0 saturated heterocycles. The van der Waals surface area contributed by atoms with E-state index in [2.05, 4.69) is 10.1 Å². The van der Waals surface area contributed by atoms with E-state index < -0.39 is 42.2 Å². The fourth-order valence-corrected chi connectivity index (χ4v) is 4.74. The van der Waals surface area contributed by atoms with Crippen LogP contribution < -0.4 is 10.1 Å². The van der Waals surface area contributed by atoms with Crippen molar-refractivity contribution < 1.29 is 36.6 Å². The molecule has 2 N–H and O–H groups in total. The molecule has 0 spiro atoms. The van der Waals surface area contributed by atoms with Crippen molar-refractivity contribution in [3.63, 3.8) is 0 Å². The van der Waals surface area contributed by atoms with E-state index in [1.165, 1.54) is 30.3 Å².